The third-order valence-electron chi connectivity index (χ3n) is 5.59. The van der Waals surface area contributed by atoms with Crippen LogP contribution >= 0.6 is 11.8 Å². The van der Waals surface area contributed by atoms with E-state index in [0.717, 1.165) is 35.3 Å². The van der Waals surface area contributed by atoms with Crippen LogP contribution in [0.25, 0.3) is 5.69 Å². The summed E-state index contributed by atoms with van der Waals surface area (Å²) in [5, 5.41) is 12.9. The number of unbranched alkanes of at least 4 members (excludes halogenated alkanes) is 3. The lowest BCUT2D eigenvalue weighted by Crippen LogP contribution is -2.28. The molecule has 0 fully saturated rings. The number of hydrogen-bond acceptors (Lipinski definition) is 4. The van der Waals surface area contributed by atoms with E-state index in [-0.39, 0.29) is 11.9 Å². The first-order valence-electron chi connectivity index (χ1n) is 11.5. The van der Waals surface area contributed by atoms with Crippen LogP contribution in [0.1, 0.15) is 74.5 Å². The zero-order valence-corrected chi connectivity index (χ0v) is 20.4. The van der Waals surface area contributed by atoms with Gasteiger partial charge in [-0.2, -0.15) is 0 Å². The number of carbonyl (C=O) groups excluding carboxylic acids is 1. The highest BCUT2D eigenvalue weighted by Gasteiger charge is 2.21. The molecule has 1 unspecified atom stereocenters. The number of aromatic nitrogens is 3. The molecule has 3 rings (SSSR count). The van der Waals surface area contributed by atoms with Crippen LogP contribution in [-0.2, 0) is 10.5 Å². The topological polar surface area (TPSA) is 59.8 Å². The quantitative estimate of drug-likeness (QED) is 0.274. The molecule has 0 aliphatic rings. The summed E-state index contributed by atoms with van der Waals surface area (Å²) in [6.07, 6.45) is 4.91. The van der Waals surface area contributed by atoms with Crippen molar-refractivity contribution >= 4 is 17.7 Å². The van der Waals surface area contributed by atoms with Crippen molar-refractivity contribution < 1.29 is 4.79 Å². The van der Waals surface area contributed by atoms with Crippen molar-refractivity contribution in [2.45, 2.75) is 76.8 Å². The van der Waals surface area contributed by atoms with Crippen LogP contribution in [0, 0.1) is 13.8 Å². The molecule has 0 bridgehead atoms. The minimum atomic E-state index is -0.227. The largest absolute Gasteiger partial charge is 0.346 e. The number of nitrogens with one attached hydrogen (secondary N) is 1. The molecule has 32 heavy (non-hydrogen) atoms. The van der Waals surface area contributed by atoms with Crippen molar-refractivity contribution in [2.75, 3.05) is 0 Å². The molecular weight excluding hydrogens is 416 g/mol. The molecular formula is C26H34N4OS. The Morgan fingerprint density at radius 1 is 1.03 bits per heavy atom. The Labute approximate surface area is 196 Å². The van der Waals surface area contributed by atoms with E-state index in [0.29, 0.717) is 6.42 Å². The Balaban J connectivity index is 1.80. The second-order valence-corrected chi connectivity index (χ2v) is 9.27. The molecule has 0 aliphatic heterocycles. The first-order chi connectivity index (χ1) is 15.5. The van der Waals surface area contributed by atoms with Crippen LogP contribution in [0.2, 0.25) is 0 Å². The van der Waals surface area contributed by atoms with Gasteiger partial charge < -0.3 is 5.32 Å². The summed E-state index contributed by atoms with van der Waals surface area (Å²) < 4.78 is 2.07. The van der Waals surface area contributed by atoms with Gasteiger partial charge in [-0.25, -0.2) is 0 Å². The Hall–Kier alpha value is -2.60. The second kappa shape index (κ2) is 11.9. The molecule has 0 saturated carbocycles. The maximum atomic E-state index is 12.5. The van der Waals surface area contributed by atoms with E-state index in [1.54, 1.807) is 11.8 Å². The van der Waals surface area contributed by atoms with E-state index in [2.05, 4.69) is 89.4 Å². The van der Waals surface area contributed by atoms with Gasteiger partial charge in [-0.3, -0.25) is 9.36 Å². The fourth-order valence-electron chi connectivity index (χ4n) is 3.60. The molecule has 170 valence electrons. The molecule has 5 nitrogen and oxygen atoms in total. The highest BCUT2D eigenvalue weighted by atomic mass is 32.2. The summed E-state index contributed by atoms with van der Waals surface area (Å²) in [6.45, 7) is 8.36. The van der Waals surface area contributed by atoms with Crippen molar-refractivity contribution in [1.29, 1.82) is 0 Å². The van der Waals surface area contributed by atoms with E-state index in [1.165, 1.54) is 29.5 Å². The minimum absolute atomic E-state index is 0.0705. The van der Waals surface area contributed by atoms with E-state index in [9.17, 15) is 4.79 Å². The van der Waals surface area contributed by atoms with Gasteiger partial charge in [0.25, 0.3) is 0 Å². The van der Waals surface area contributed by atoms with E-state index < -0.39 is 0 Å². The first-order valence-corrected chi connectivity index (χ1v) is 12.5. The van der Waals surface area contributed by atoms with Crippen LogP contribution in [0.3, 0.4) is 0 Å². The van der Waals surface area contributed by atoms with E-state index in [4.69, 9.17) is 0 Å². The second-order valence-electron chi connectivity index (χ2n) is 8.33. The number of thioether (sulfide) groups is 1. The van der Waals surface area contributed by atoms with Crippen molar-refractivity contribution in [3.8, 4) is 5.69 Å². The maximum Gasteiger partial charge on any atom is 0.220 e. The summed E-state index contributed by atoms with van der Waals surface area (Å²) in [4.78, 5) is 12.5. The monoisotopic (exact) mass is 450 g/mol. The minimum Gasteiger partial charge on any atom is -0.346 e. The molecule has 1 atom stereocenters. The van der Waals surface area contributed by atoms with Crippen LogP contribution in [-0.4, -0.2) is 20.7 Å². The average molecular weight is 451 g/mol. The van der Waals surface area contributed by atoms with Gasteiger partial charge in [0, 0.05) is 17.9 Å². The molecule has 3 aromatic rings. The number of rotatable bonds is 11. The third kappa shape index (κ3) is 6.45. The molecule has 0 radical (unpaired) electrons. The van der Waals surface area contributed by atoms with Crippen molar-refractivity contribution in [3.63, 3.8) is 0 Å². The van der Waals surface area contributed by atoms with Gasteiger partial charge in [0.15, 0.2) is 11.0 Å². The predicted octanol–water partition coefficient (Wildman–Crippen LogP) is 6.32. The lowest BCUT2D eigenvalue weighted by atomic mass is 10.1. The van der Waals surface area contributed by atoms with Gasteiger partial charge in [-0.1, -0.05) is 79.9 Å². The zero-order chi connectivity index (χ0) is 22.9. The number of benzene rings is 2. The normalized spacial score (nSPS) is 12.0. The molecule has 1 amide bonds. The van der Waals surface area contributed by atoms with Gasteiger partial charge in [0.2, 0.25) is 5.91 Å². The fourth-order valence-corrected chi connectivity index (χ4v) is 4.63. The van der Waals surface area contributed by atoms with E-state index >= 15 is 0 Å². The Morgan fingerprint density at radius 3 is 2.50 bits per heavy atom. The Kier molecular flexibility index (Phi) is 8.91. The number of carbonyl (C=O) groups is 1. The van der Waals surface area contributed by atoms with Crippen LogP contribution in [0.5, 0.6) is 0 Å². The summed E-state index contributed by atoms with van der Waals surface area (Å²) in [5.74, 6) is 1.64. The average Bonchev–Trinajstić information content (AvgIpc) is 3.21. The molecule has 6 heteroatoms. The standard InChI is InChI=1S/C26H34N4OS/c1-5-6-7-8-13-24(31)27-21(4)25-28-29-26(30(25)23-16-14-19(2)15-17-23)32-18-22-12-10-9-11-20(22)3/h9-12,14-17,21H,5-8,13,18H2,1-4H3,(H,27,31). The smallest absolute Gasteiger partial charge is 0.220 e. The molecule has 1 N–H and O–H groups in total. The highest BCUT2D eigenvalue weighted by Crippen LogP contribution is 2.28. The molecule has 0 spiro atoms. The van der Waals surface area contributed by atoms with Gasteiger partial charge in [-0.15, -0.1) is 10.2 Å². The Morgan fingerprint density at radius 2 is 1.78 bits per heavy atom. The Bertz CT molecular complexity index is 1010. The van der Waals surface area contributed by atoms with Gasteiger partial charge in [-0.05, 0) is 50.5 Å². The van der Waals surface area contributed by atoms with E-state index in [1.807, 2.05) is 6.92 Å². The molecule has 1 aromatic heterocycles. The van der Waals surface area contributed by atoms with Crippen LogP contribution in [0.4, 0.5) is 0 Å². The van der Waals surface area contributed by atoms with Gasteiger partial charge >= 0.3 is 0 Å². The number of amides is 1. The molecule has 0 saturated heterocycles. The third-order valence-corrected chi connectivity index (χ3v) is 6.57. The summed E-state index contributed by atoms with van der Waals surface area (Å²) in [7, 11) is 0. The number of aryl methyl sites for hydroxylation is 2. The number of nitrogens with zero attached hydrogens (tertiary/aromatic N) is 3. The highest BCUT2D eigenvalue weighted by molar-refractivity contribution is 7.98. The summed E-state index contributed by atoms with van der Waals surface area (Å²) in [6, 6.07) is 16.5. The lowest BCUT2D eigenvalue weighted by Gasteiger charge is -2.16. The van der Waals surface area contributed by atoms with Gasteiger partial charge in [0.05, 0.1) is 6.04 Å². The van der Waals surface area contributed by atoms with Gasteiger partial charge in [0.1, 0.15) is 0 Å². The van der Waals surface area contributed by atoms with Crippen molar-refractivity contribution in [1.82, 2.24) is 20.1 Å². The van der Waals surface area contributed by atoms with Crippen molar-refractivity contribution in [2.24, 2.45) is 0 Å². The number of hydrogen-bond donors (Lipinski definition) is 1. The zero-order valence-electron chi connectivity index (χ0n) is 19.6. The van der Waals surface area contributed by atoms with Crippen molar-refractivity contribution in [3.05, 3.63) is 71.0 Å². The fraction of sp³-hybridized carbons (Fsp3) is 0.423. The van der Waals surface area contributed by atoms with Crippen LogP contribution in [0.15, 0.2) is 53.7 Å². The van der Waals surface area contributed by atoms with Crippen LogP contribution < -0.4 is 5.32 Å². The molecule has 0 aliphatic carbocycles. The predicted molar refractivity (Wildman–Crippen MR) is 132 cm³/mol. The lowest BCUT2D eigenvalue weighted by molar-refractivity contribution is -0.121. The SMILES string of the molecule is CCCCCCC(=O)NC(C)c1nnc(SCc2ccccc2C)n1-c1ccc(C)cc1. The molecule has 2 aromatic carbocycles. The summed E-state index contributed by atoms with van der Waals surface area (Å²) in [5.41, 5.74) is 4.76. The summed E-state index contributed by atoms with van der Waals surface area (Å²) >= 11 is 1.67. The molecule has 1 heterocycles. The maximum absolute atomic E-state index is 12.5. The first kappa shape index (κ1) is 24.1.